The lowest BCUT2D eigenvalue weighted by Gasteiger charge is -2.08. The van der Waals surface area contributed by atoms with Crippen molar-refractivity contribution in [1.82, 2.24) is 0 Å². The van der Waals surface area contributed by atoms with Gasteiger partial charge in [0, 0.05) is 23.9 Å². The highest BCUT2D eigenvalue weighted by Gasteiger charge is 2.10. The van der Waals surface area contributed by atoms with Gasteiger partial charge in [0.05, 0.1) is 4.92 Å². The molecule has 0 fully saturated rings. The largest absolute Gasteiger partial charge is 0.381 e. The molecule has 0 atom stereocenters. The first kappa shape index (κ1) is 13.9. The van der Waals surface area contributed by atoms with Crippen molar-refractivity contribution in [1.29, 1.82) is 0 Å². The molecule has 2 rings (SSSR count). The monoisotopic (exact) mass is 278 g/mol. The number of hydrogen-bond acceptors (Lipinski definition) is 3. The maximum atomic E-state index is 13.0. The van der Waals surface area contributed by atoms with Gasteiger partial charge < -0.3 is 5.32 Å². The van der Waals surface area contributed by atoms with Crippen LogP contribution in [0.25, 0.3) is 0 Å². The van der Waals surface area contributed by atoms with E-state index in [0.29, 0.717) is 23.4 Å². The van der Waals surface area contributed by atoms with Gasteiger partial charge in [-0.2, -0.15) is 0 Å². The summed E-state index contributed by atoms with van der Waals surface area (Å²) in [6, 6.07) is 8.27. The minimum absolute atomic E-state index is 0.0448. The molecule has 0 aliphatic heterocycles. The Balaban J connectivity index is 2.09. The zero-order valence-electron chi connectivity index (χ0n) is 10.7. The number of nitrogens with zero attached hydrogens (tertiary/aromatic N) is 1. The number of nitro groups is 1. The standard InChI is InChI=1S/C14H12F2N2O2/c1-9-6-11(3-5-14(9)18(19)20)17-8-10-2-4-12(15)13(16)7-10/h2-7,17H,8H2,1H3. The Hall–Kier alpha value is -2.50. The average Bonchev–Trinajstić information content (AvgIpc) is 2.40. The van der Waals surface area contributed by atoms with E-state index in [4.69, 9.17) is 0 Å². The van der Waals surface area contributed by atoms with Crippen molar-refractivity contribution in [2.75, 3.05) is 5.32 Å². The second-order valence-electron chi connectivity index (χ2n) is 4.36. The van der Waals surface area contributed by atoms with Crippen LogP contribution in [0.4, 0.5) is 20.2 Å². The fourth-order valence-corrected chi connectivity index (χ4v) is 1.82. The van der Waals surface area contributed by atoms with E-state index < -0.39 is 16.6 Å². The van der Waals surface area contributed by atoms with Gasteiger partial charge in [-0.05, 0) is 36.8 Å². The Morgan fingerprint density at radius 3 is 2.50 bits per heavy atom. The Kier molecular flexibility index (Phi) is 3.93. The quantitative estimate of drug-likeness (QED) is 0.683. The number of aryl methyl sites for hydroxylation is 1. The van der Waals surface area contributed by atoms with Gasteiger partial charge >= 0.3 is 0 Å². The fourth-order valence-electron chi connectivity index (χ4n) is 1.82. The summed E-state index contributed by atoms with van der Waals surface area (Å²) in [6.07, 6.45) is 0. The van der Waals surface area contributed by atoms with Crippen LogP contribution in [0.2, 0.25) is 0 Å². The lowest BCUT2D eigenvalue weighted by atomic mass is 10.1. The fraction of sp³-hybridized carbons (Fsp3) is 0.143. The van der Waals surface area contributed by atoms with Gasteiger partial charge in [-0.1, -0.05) is 6.07 Å². The molecule has 2 aromatic carbocycles. The molecule has 0 aromatic heterocycles. The molecule has 0 saturated heterocycles. The van der Waals surface area contributed by atoms with Crippen LogP contribution in [0, 0.1) is 28.7 Å². The van der Waals surface area contributed by atoms with Crippen LogP contribution in [0.1, 0.15) is 11.1 Å². The Labute approximate surface area is 114 Å². The third-order valence-electron chi connectivity index (χ3n) is 2.87. The number of nitrogens with one attached hydrogen (secondary N) is 1. The van der Waals surface area contributed by atoms with Crippen molar-refractivity contribution in [3.05, 3.63) is 69.3 Å². The number of nitro benzene ring substituents is 1. The van der Waals surface area contributed by atoms with Gasteiger partial charge in [0.1, 0.15) is 0 Å². The van der Waals surface area contributed by atoms with Crippen LogP contribution >= 0.6 is 0 Å². The number of hydrogen-bond donors (Lipinski definition) is 1. The molecule has 1 N–H and O–H groups in total. The predicted molar refractivity (Wildman–Crippen MR) is 71.5 cm³/mol. The average molecular weight is 278 g/mol. The Bertz CT molecular complexity index is 660. The van der Waals surface area contributed by atoms with E-state index in [1.54, 1.807) is 19.1 Å². The van der Waals surface area contributed by atoms with Gasteiger partial charge in [0.2, 0.25) is 0 Å². The van der Waals surface area contributed by atoms with E-state index in [1.807, 2.05) is 0 Å². The molecule has 0 unspecified atom stereocenters. The van der Waals surface area contributed by atoms with Crippen LogP contribution in [-0.4, -0.2) is 4.92 Å². The summed E-state index contributed by atoms with van der Waals surface area (Å²) in [5.41, 5.74) is 1.84. The third-order valence-corrected chi connectivity index (χ3v) is 2.87. The highest BCUT2D eigenvalue weighted by molar-refractivity contribution is 5.53. The van der Waals surface area contributed by atoms with Crippen LogP contribution < -0.4 is 5.32 Å². The van der Waals surface area contributed by atoms with Crippen LogP contribution in [0.3, 0.4) is 0 Å². The van der Waals surface area contributed by atoms with Crippen molar-refractivity contribution in [2.24, 2.45) is 0 Å². The van der Waals surface area contributed by atoms with Gasteiger partial charge in [0.15, 0.2) is 11.6 Å². The van der Waals surface area contributed by atoms with E-state index in [0.717, 1.165) is 12.1 Å². The summed E-state index contributed by atoms with van der Waals surface area (Å²) in [4.78, 5) is 10.2. The zero-order chi connectivity index (χ0) is 14.7. The van der Waals surface area contributed by atoms with Crippen molar-refractivity contribution in [3.8, 4) is 0 Å². The molecule has 0 heterocycles. The van der Waals surface area contributed by atoms with Crippen molar-refractivity contribution in [3.63, 3.8) is 0 Å². The smallest absolute Gasteiger partial charge is 0.272 e. The molecule has 0 radical (unpaired) electrons. The van der Waals surface area contributed by atoms with E-state index in [1.165, 1.54) is 12.1 Å². The van der Waals surface area contributed by atoms with E-state index in [9.17, 15) is 18.9 Å². The van der Waals surface area contributed by atoms with Crippen LogP contribution in [0.5, 0.6) is 0 Å². The lowest BCUT2D eigenvalue weighted by Crippen LogP contribution is -2.01. The van der Waals surface area contributed by atoms with Gasteiger partial charge in [0.25, 0.3) is 5.69 Å². The molecular formula is C14H12F2N2O2. The molecule has 104 valence electrons. The number of rotatable bonds is 4. The summed E-state index contributed by atoms with van der Waals surface area (Å²) < 4.78 is 25.8. The summed E-state index contributed by atoms with van der Waals surface area (Å²) >= 11 is 0. The minimum Gasteiger partial charge on any atom is -0.381 e. The third kappa shape index (κ3) is 3.09. The normalized spacial score (nSPS) is 10.3. The van der Waals surface area contributed by atoms with Crippen LogP contribution in [-0.2, 0) is 6.54 Å². The highest BCUT2D eigenvalue weighted by atomic mass is 19.2. The first-order valence-electron chi connectivity index (χ1n) is 5.90. The maximum absolute atomic E-state index is 13.0. The molecule has 2 aromatic rings. The van der Waals surface area contributed by atoms with Crippen molar-refractivity contribution < 1.29 is 13.7 Å². The van der Waals surface area contributed by atoms with Gasteiger partial charge in [-0.15, -0.1) is 0 Å². The molecular weight excluding hydrogens is 266 g/mol. The molecule has 0 aliphatic rings. The van der Waals surface area contributed by atoms with Gasteiger partial charge in [-0.25, -0.2) is 8.78 Å². The SMILES string of the molecule is Cc1cc(NCc2ccc(F)c(F)c2)ccc1[N+](=O)[O-]. The molecule has 6 heteroatoms. The van der Waals surface area contributed by atoms with Crippen LogP contribution in [0.15, 0.2) is 36.4 Å². The molecule has 4 nitrogen and oxygen atoms in total. The van der Waals surface area contributed by atoms with Gasteiger partial charge in [-0.3, -0.25) is 10.1 Å². The number of halogens is 2. The topological polar surface area (TPSA) is 55.2 Å². The summed E-state index contributed by atoms with van der Waals surface area (Å²) in [7, 11) is 0. The predicted octanol–water partition coefficient (Wildman–Crippen LogP) is 3.79. The number of benzene rings is 2. The second-order valence-corrected chi connectivity index (χ2v) is 4.36. The molecule has 0 bridgehead atoms. The minimum atomic E-state index is -0.899. The molecule has 0 spiro atoms. The van der Waals surface area contributed by atoms with E-state index in [2.05, 4.69) is 5.32 Å². The highest BCUT2D eigenvalue weighted by Crippen LogP contribution is 2.22. The molecule has 0 aliphatic carbocycles. The second kappa shape index (κ2) is 5.64. The van der Waals surface area contributed by atoms with E-state index >= 15 is 0 Å². The lowest BCUT2D eigenvalue weighted by molar-refractivity contribution is -0.385. The Morgan fingerprint density at radius 1 is 1.15 bits per heavy atom. The first-order chi connectivity index (χ1) is 9.47. The molecule has 0 amide bonds. The van der Waals surface area contributed by atoms with Crippen molar-refractivity contribution >= 4 is 11.4 Å². The maximum Gasteiger partial charge on any atom is 0.272 e. The molecule has 0 saturated carbocycles. The molecule has 20 heavy (non-hydrogen) atoms. The summed E-state index contributed by atoms with van der Waals surface area (Å²) in [5, 5.41) is 13.7. The first-order valence-corrected chi connectivity index (χ1v) is 5.90. The summed E-state index contributed by atoms with van der Waals surface area (Å²) in [6.45, 7) is 1.94. The zero-order valence-corrected chi connectivity index (χ0v) is 10.7. The Morgan fingerprint density at radius 2 is 1.90 bits per heavy atom. The summed E-state index contributed by atoms with van der Waals surface area (Å²) in [5.74, 6) is -1.79. The number of anilines is 1. The van der Waals surface area contributed by atoms with E-state index in [-0.39, 0.29) is 5.69 Å². The van der Waals surface area contributed by atoms with Crippen molar-refractivity contribution in [2.45, 2.75) is 13.5 Å².